The maximum atomic E-state index is 11.9. The van der Waals surface area contributed by atoms with Crippen molar-refractivity contribution in [2.45, 2.75) is 56.2 Å². The van der Waals surface area contributed by atoms with Crippen LogP contribution in [0.4, 0.5) is 11.8 Å². The molecule has 0 unspecified atom stereocenters. The lowest BCUT2D eigenvalue weighted by Crippen LogP contribution is -2.26. The van der Waals surface area contributed by atoms with E-state index >= 15 is 0 Å². The van der Waals surface area contributed by atoms with Crippen molar-refractivity contribution >= 4 is 11.8 Å². The second-order valence-electron chi connectivity index (χ2n) is 7.95. The molecule has 2 saturated carbocycles. The number of nitrogens with one attached hydrogen (secondary N) is 2. The zero-order valence-corrected chi connectivity index (χ0v) is 16.3. The maximum Gasteiger partial charge on any atom is 0.271 e. The first kappa shape index (κ1) is 18.7. The van der Waals surface area contributed by atoms with Crippen LogP contribution in [0.1, 0.15) is 43.9 Å². The summed E-state index contributed by atoms with van der Waals surface area (Å²) in [4.78, 5) is 20.7. The van der Waals surface area contributed by atoms with E-state index in [9.17, 15) is 9.90 Å². The van der Waals surface area contributed by atoms with E-state index in [2.05, 4.69) is 30.9 Å². The number of rotatable bonds is 6. The zero-order valence-electron chi connectivity index (χ0n) is 16.3. The summed E-state index contributed by atoms with van der Waals surface area (Å²) in [7, 11) is 0. The lowest BCUT2D eigenvalue weighted by Gasteiger charge is -2.27. The Morgan fingerprint density at radius 1 is 1.10 bits per heavy atom. The minimum absolute atomic E-state index is 0.178. The number of hydrogen-bond donors (Lipinski definition) is 3. The summed E-state index contributed by atoms with van der Waals surface area (Å²) < 4.78 is 6.63. The number of aromatic nitrogens is 5. The van der Waals surface area contributed by atoms with Crippen LogP contribution in [0, 0.1) is 0 Å². The van der Waals surface area contributed by atoms with Gasteiger partial charge in [-0.2, -0.15) is 14.8 Å². The molecular weight excluding hydrogens is 386 g/mol. The number of hydrogen-bond acceptors (Lipinski definition) is 9. The van der Waals surface area contributed by atoms with Gasteiger partial charge in [-0.1, -0.05) is 0 Å². The largest absolute Gasteiger partial charge is 0.393 e. The van der Waals surface area contributed by atoms with Gasteiger partial charge in [-0.3, -0.25) is 4.79 Å². The summed E-state index contributed by atoms with van der Waals surface area (Å²) in [6, 6.07) is 7.30. The van der Waals surface area contributed by atoms with Crippen LogP contribution in [-0.2, 0) is 0 Å². The number of anilines is 2. The summed E-state index contributed by atoms with van der Waals surface area (Å²) in [5.41, 5.74) is 0.437. The summed E-state index contributed by atoms with van der Waals surface area (Å²) in [6.07, 6.45) is 7.25. The monoisotopic (exact) mass is 409 g/mol. The maximum absolute atomic E-state index is 11.9. The Hall–Kier alpha value is -3.27. The molecule has 10 heteroatoms. The smallest absolute Gasteiger partial charge is 0.271 e. The van der Waals surface area contributed by atoms with Crippen LogP contribution in [0.2, 0.25) is 0 Å². The Kier molecular flexibility index (Phi) is 4.91. The topological polar surface area (TPSA) is 131 Å². The molecule has 0 bridgehead atoms. The first-order chi connectivity index (χ1) is 14.6. The molecule has 2 atom stereocenters. The predicted octanol–water partition coefficient (Wildman–Crippen LogP) is 1.69. The number of nitrogens with zero attached hydrogens (tertiary/aromatic N) is 5. The van der Waals surface area contributed by atoms with Crippen molar-refractivity contribution in [3.05, 3.63) is 52.9 Å². The van der Waals surface area contributed by atoms with Gasteiger partial charge in [0.25, 0.3) is 11.5 Å². The molecule has 5 rings (SSSR count). The first-order valence-electron chi connectivity index (χ1n) is 10.2. The molecule has 30 heavy (non-hydrogen) atoms. The molecule has 0 amide bonds. The molecule has 0 spiro atoms. The van der Waals surface area contributed by atoms with Crippen molar-refractivity contribution in [1.82, 2.24) is 24.9 Å². The fourth-order valence-corrected chi connectivity index (χ4v) is 4.03. The van der Waals surface area contributed by atoms with Crippen LogP contribution in [0.25, 0.3) is 5.69 Å². The third-order valence-electron chi connectivity index (χ3n) is 5.73. The van der Waals surface area contributed by atoms with E-state index in [0.717, 1.165) is 25.1 Å². The summed E-state index contributed by atoms with van der Waals surface area (Å²) in [5.74, 6) is 2.06. The molecule has 0 saturated heterocycles. The van der Waals surface area contributed by atoms with E-state index in [1.807, 2.05) is 12.1 Å². The van der Waals surface area contributed by atoms with Gasteiger partial charge in [-0.25, -0.2) is 4.98 Å². The quantitative estimate of drug-likeness (QED) is 0.556. The van der Waals surface area contributed by atoms with Crippen LogP contribution < -0.4 is 16.2 Å². The number of aliphatic hydroxyl groups is 1. The molecule has 3 heterocycles. The molecule has 156 valence electrons. The third-order valence-corrected chi connectivity index (χ3v) is 5.73. The fourth-order valence-electron chi connectivity index (χ4n) is 4.03. The molecular formula is C20H23N7O3. The van der Waals surface area contributed by atoms with Crippen molar-refractivity contribution in [2.75, 3.05) is 10.6 Å². The van der Waals surface area contributed by atoms with Gasteiger partial charge in [-0.05, 0) is 55.5 Å². The Bertz CT molecular complexity index is 1060. The standard InChI is InChI=1S/C20H23N7O3/c28-16-8-12(9-16)19-25-20(26-30-19)24-14-4-3-13(10-14)23-17-6-5-15(11-21-17)27-18(29)2-1-7-22-27/h1-2,5-7,11-14,16,28H,3-4,8-10H2,(H,21,23)(H,24,26)/t12?,13-,14-,16?/m0/s1. The van der Waals surface area contributed by atoms with Gasteiger partial charge in [-0.15, -0.1) is 0 Å². The summed E-state index contributed by atoms with van der Waals surface area (Å²) >= 11 is 0. The van der Waals surface area contributed by atoms with Crippen LogP contribution in [-0.4, -0.2) is 48.2 Å². The van der Waals surface area contributed by atoms with Crippen molar-refractivity contribution in [1.29, 1.82) is 0 Å². The van der Waals surface area contributed by atoms with Crippen LogP contribution in [0.15, 0.2) is 46.0 Å². The molecule has 2 fully saturated rings. The van der Waals surface area contributed by atoms with Gasteiger partial charge in [0.05, 0.1) is 18.0 Å². The van der Waals surface area contributed by atoms with Gasteiger partial charge < -0.3 is 20.3 Å². The highest BCUT2D eigenvalue weighted by atomic mass is 16.5. The Morgan fingerprint density at radius 2 is 1.93 bits per heavy atom. The second-order valence-corrected chi connectivity index (χ2v) is 7.95. The molecule has 3 aromatic heterocycles. The van der Waals surface area contributed by atoms with Crippen molar-refractivity contribution < 1.29 is 9.63 Å². The van der Waals surface area contributed by atoms with Crippen LogP contribution in [0.5, 0.6) is 0 Å². The average Bonchev–Trinajstić information content (AvgIpc) is 3.36. The van der Waals surface area contributed by atoms with E-state index in [4.69, 9.17) is 4.52 Å². The highest BCUT2D eigenvalue weighted by molar-refractivity contribution is 5.41. The summed E-state index contributed by atoms with van der Waals surface area (Å²) in [5, 5.41) is 24.3. The van der Waals surface area contributed by atoms with Gasteiger partial charge in [0.1, 0.15) is 5.82 Å². The highest BCUT2D eigenvalue weighted by Crippen LogP contribution is 2.36. The van der Waals surface area contributed by atoms with E-state index in [-0.39, 0.29) is 29.7 Å². The molecule has 3 N–H and O–H groups in total. The van der Waals surface area contributed by atoms with Gasteiger partial charge in [0, 0.05) is 30.3 Å². The van der Waals surface area contributed by atoms with Crippen molar-refractivity contribution in [2.24, 2.45) is 0 Å². The first-order valence-corrected chi connectivity index (χ1v) is 10.2. The molecule has 0 aromatic carbocycles. The molecule has 10 nitrogen and oxygen atoms in total. The normalized spacial score (nSPS) is 25.6. The molecule has 0 aliphatic heterocycles. The minimum Gasteiger partial charge on any atom is -0.393 e. The SMILES string of the molecule is O=c1cccnn1-c1ccc(N[C@H]2CC[C@H](Nc3noc(C4CC(O)C4)n3)C2)nc1. The predicted molar refractivity (Wildman–Crippen MR) is 109 cm³/mol. The van der Waals surface area contributed by atoms with E-state index in [1.165, 1.54) is 10.7 Å². The number of pyridine rings is 1. The molecule has 2 aliphatic rings. The Morgan fingerprint density at radius 3 is 2.67 bits per heavy atom. The lowest BCUT2D eigenvalue weighted by molar-refractivity contribution is 0.0625. The minimum atomic E-state index is -0.243. The van der Waals surface area contributed by atoms with E-state index in [0.29, 0.717) is 30.4 Å². The van der Waals surface area contributed by atoms with Gasteiger partial charge >= 0.3 is 0 Å². The molecule has 2 aliphatic carbocycles. The lowest BCUT2D eigenvalue weighted by atomic mass is 9.82. The highest BCUT2D eigenvalue weighted by Gasteiger charge is 2.33. The average molecular weight is 409 g/mol. The summed E-state index contributed by atoms with van der Waals surface area (Å²) in [6.45, 7) is 0. The van der Waals surface area contributed by atoms with Crippen LogP contribution in [0.3, 0.4) is 0 Å². The van der Waals surface area contributed by atoms with E-state index in [1.54, 1.807) is 18.5 Å². The second kappa shape index (κ2) is 7.86. The fraction of sp³-hybridized carbons (Fsp3) is 0.450. The van der Waals surface area contributed by atoms with E-state index < -0.39 is 0 Å². The third kappa shape index (κ3) is 3.90. The molecule has 3 aromatic rings. The van der Waals surface area contributed by atoms with Crippen molar-refractivity contribution in [3.63, 3.8) is 0 Å². The van der Waals surface area contributed by atoms with Gasteiger partial charge in [0.2, 0.25) is 5.89 Å². The van der Waals surface area contributed by atoms with Crippen molar-refractivity contribution in [3.8, 4) is 5.69 Å². The van der Waals surface area contributed by atoms with Crippen LogP contribution >= 0.6 is 0 Å². The zero-order chi connectivity index (χ0) is 20.5. The Balaban J connectivity index is 1.15. The Labute approximate surface area is 172 Å². The number of aliphatic hydroxyl groups excluding tert-OH is 1. The molecule has 0 radical (unpaired) electrons. The van der Waals surface area contributed by atoms with Gasteiger partial charge in [0.15, 0.2) is 0 Å².